The minimum absolute atomic E-state index is 0.0493. The normalized spacial score (nSPS) is 12.7. The second kappa shape index (κ2) is 4.76. The van der Waals surface area contributed by atoms with Gasteiger partial charge < -0.3 is 5.73 Å². The summed E-state index contributed by atoms with van der Waals surface area (Å²) in [7, 11) is 0. The average Bonchev–Trinajstić information content (AvgIpc) is 2.65. The molecule has 1 aromatic carbocycles. The van der Waals surface area contributed by atoms with E-state index < -0.39 is 0 Å². The van der Waals surface area contributed by atoms with E-state index in [-0.39, 0.29) is 11.9 Å². The summed E-state index contributed by atoms with van der Waals surface area (Å²) in [6, 6.07) is 8.65. The van der Waals surface area contributed by atoms with Crippen LogP contribution in [-0.4, -0.2) is 0 Å². The highest BCUT2D eigenvalue weighted by Gasteiger charge is 2.08. The monoisotopic (exact) mass is 235 g/mol. The molecule has 0 fully saturated rings. The summed E-state index contributed by atoms with van der Waals surface area (Å²) in [5, 5.41) is 2.07. The van der Waals surface area contributed by atoms with Gasteiger partial charge in [0.1, 0.15) is 5.82 Å². The van der Waals surface area contributed by atoms with E-state index >= 15 is 0 Å². The smallest absolute Gasteiger partial charge is 0.123 e. The molecule has 1 heterocycles. The molecule has 1 nitrogen and oxygen atoms in total. The Hall–Kier alpha value is -1.19. The maximum Gasteiger partial charge on any atom is 0.123 e. The molecule has 0 saturated heterocycles. The summed E-state index contributed by atoms with van der Waals surface area (Å²) in [5.41, 5.74) is 8.15. The van der Waals surface area contributed by atoms with Crippen LogP contribution in [0.15, 0.2) is 35.7 Å². The van der Waals surface area contributed by atoms with Crippen molar-refractivity contribution in [1.29, 1.82) is 0 Å². The van der Waals surface area contributed by atoms with Gasteiger partial charge in [0.05, 0.1) is 0 Å². The first-order valence-corrected chi connectivity index (χ1v) is 6.08. The molecule has 0 aliphatic heterocycles. The molecule has 16 heavy (non-hydrogen) atoms. The minimum atomic E-state index is -0.203. The van der Waals surface area contributed by atoms with Gasteiger partial charge in [-0.15, -0.1) is 11.3 Å². The Morgan fingerprint density at radius 3 is 2.81 bits per heavy atom. The summed E-state index contributed by atoms with van der Waals surface area (Å²) in [6.45, 7) is 2.06. The topological polar surface area (TPSA) is 26.0 Å². The van der Waals surface area contributed by atoms with Crippen LogP contribution in [0.1, 0.15) is 22.0 Å². The lowest BCUT2D eigenvalue weighted by atomic mass is 10.0. The zero-order valence-electron chi connectivity index (χ0n) is 9.11. The van der Waals surface area contributed by atoms with Gasteiger partial charge in [0.2, 0.25) is 0 Å². The van der Waals surface area contributed by atoms with Crippen molar-refractivity contribution in [2.75, 3.05) is 0 Å². The quantitative estimate of drug-likeness (QED) is 0.866. The summed E-state index contributed by atoms with van der Waals surface area (Å²) >= 11 is 1.69. The second-order valence-corrected chi connectivity index (χ2v) is 5.05. The van der Waals surface area contributed by atoms with E-state index in [0.29, 0.717) is 6.42 Å². The van der Waals surface area contributed by atoms with Crippen LogP contribution >= 0.6 is 11.3 Å². The van der Waals surface area contributed by atoms with E-state index in [9.17, 15) is 4.39 Å². The molecular weight excluding hydrogens is 221 g/mol. The van der Waals surface area contributed by atoms with E-state index in [4.69, 9.17) is 5.73 Å². The molecular formula is C13H14FNS. The molecule has 1 aromatic heterocycles. The molecule has 2 rings (SSSR count). The van der Waals surface area contributed by atoms with Gasteiger partial charge >= 0.3 is 0 Å². The molecule has 0 saturated carbocycles. The molecule has 1 atom stereocenters. The van der Waals surface area contributed by atoms with Crippen molar-refractivity contribution in [3.63, 3.8) is 0 Å². The Morgan fingerprint density at radius 1 is 1.38 bits per heavy atom. The van der Waals surface area contributed by atoms with Crippen LogP contribution in [0.2, 0.25) is 0 Å². The Labute approximate surface area is 98.7 Å². The first kappa shape index (κ1) is 11.3. The van der Waals surface area contributed by atoms with Gasteiger partial charge in [-0.25, -0.2) is 4.39 Å². The maximum absolute atomic E-state index is 13.0. The molecule has 84 valence electrons. The summed E-state index contributed by atoms with van der Waals surface area (Å²) in [6.07, 6.45) is 0.675. The Bertz CT molecular complexity index is 478. The number of aryl methyl sites for hydroxylation is 1. The van der Waals surface area contributed by atoms with Gasteiger partial charge in [-0.05, 0) is 48.1 Å². The molecule has 1 unspecified atom stereocenters. The van der Waals surface area contributed by atoms with Gasteiger partial charge in [-0.2, -0.15) is 0 Å². The molecule has 0 bridgehead atoms. The number of halogens is 1. The molecule has 3 heteroatoms. The number of rotatable bonds is 3. The molecule has 0 spiro atoms. The fraction of sp³-hybridized carbons (Fsp3) is 0.231. The van der Waals surface area contributed by atoms with Crippen LogP contribution in [-0.2, 0) is 6.42 Å². The summed E-state index contributed by atoms with van der Waals surface area (Å²) in [4.78, 5) is 1.25. The third-order valence-electron chi connectivity index (χ3n) is 2.52. The molecule has 2 aromatic rings. The number of benzene rings is 1. The van der Waals surface area contributed by atoms with Crippen LogP contribution in [0, 0.1) is 12.7 Å². The van der Waals surface area contributed by atoms with Crippen molar-refractivity contribution in [2.24, 2.45) is 5.73 Å². The minimum Gasteiger partial charge on any atom is -0.324 e. The van der Waals surface area contributed by atoms with Crippen LogP contribution in [0.3, 0.4) is 0 Å². The Balaban J connectivity index is 2.10. The standard InChI is InChI=1S/C13H14FNS/c1-9-5-11(8-16-9)13(15)7-10-3-2-4-12(14)6-10/h2-6,8,13H,7,15H2,1H3. The molecule has 0 aliphatic rings. The average molecular weight is 235 g/mol. The third-order valence-corrected chi connectivity index (χ3v) is 3.40. The first-order chi connectivity index (χ1) is 7.65. The molecule has 0 aliphatic carbocycles. The first-order valence-electron chi connectivity index (χ1n) is 5.20. The largest absolute Gasteiger partial charge is 0.324 e. The van der Waals surface area contributed by atoms with Crippen molar-refractivity contribution in [3.05, 3.63) is 57.5 Å². The van der Waals surface area contributed by atoms with E-state index in [2.05, 4.69) is 18.4 Å². The number of thiophene rings is 1. The van der Waals surface area contributed by atoms with Crippen LogP contribution in [0.4, 0.5) is 4.39 Å². The van der Waals surface area contributed by atoms with Crippen LogP contribution in [0.5, 0.6) is 0 Å². The molecule has 0 radical (unpaired) electrons. The van der Waals surface area contributed by atoms with Crippen LogP contribution in [0.25, 0.3) is 0 Å². The van der Waals surface area contributed by atoms with Crippen molar-refractivity contribution < 1.29 is 4.39 Å². The van der Waals surface area contributed by atoms with Crippen molar-refractivity contribution in [1.82, 2.24) is 0 Å². The third kappa shape index (κ3) is 2.68. The van der Waals surface area contributed by atoms with Crippen molar-refractivity contribution in [2.45, 2.75) is 19.4 Å². The van der Waals surface area contributed by atoms with E-state index in [1.807, 2.05) is 6.07 Å². The number of hydrogen-bond donors (Lipinski definition) is 1. The van der Waals surface area contributed by atoms with Gasteiger partial charge in [0.25, 0.3) is 0 Å². The van der Waals surface area contributed by atoms with E-state index in [0.717, 1.165) is 11.1 Å². The highest BCUT2D eigenvalue weighted by Crippen LogP contribution is 2.21. The van der Waals surface area contributed by atoms with Gasteiger partial charge in [0.15, 0.2) is 0 Å². The van der Waals surface area contributed by atoms with Crippen molar-refractivity contribution >= 4 is 11.3 Å². The fourth-order valence-electron chi connectivity index (χ4n) is 1.69. The van der Waals surface area contributed by atoms with Crippen LogP contribution < -0.4 is 5.73 Å². The van der Waals surface area contributed by atoms with E-state index in [1.54, 1.807) is 23.5 Å². The Kier molecular flexibility index (Phi) is 3.36. The lowest BCUT2D eigenvalue weighted by Gasteiger charge is -2.09. The predicted octanol–water partition coefficient (Wildman–Crippen LogP) is 3.44. The lowest BCUT2D eigenvalue weighted by Crippen LogP contribution is -2.12. The molecule has 0 amide bonds. The Morgan fingerprint density at radius 2 is 2.19 bits per heavy atom. The van der Waals surface area contributed by atoms with E-state index in [1.165, 1.54) is 10.9 Å². The predicted molar refractivity (Wildman–Crippen MR) is 66.1 cm³/mol. The summed E-state index contributed by atoms with van der Waals surface area (Å²) < 4.78 is 13.0. The lowest BCUT2D eigenvalue weighted by molar-refractivity contribution is 0.622. The fourth-order valence-corrected chi connectivity index (χ4v) is 2.46. The second-order valence-electron chi connectivity index (χ2n) is 3.93. The number of nitrogens with two attached hydrogens (primary N) is 1. The zero-order chi connectivity index (χ0) is 11.5. The SMILES string of the molecule is Cc1cc(C(N)Cc2cccc(F)c2)cs1. The highest BCUT2D eigenvalue weighted by molar-refractivity contribution is 7.10. The number of hydrogen-bond acceptors (Lipinski definition) is 2. The van der Waals surface area contributed by atoms with Gasteiger partial charge in [-0.3, -0.25) is 0 Å². The molecule has 2 N–H and O–H groups in total. The highest BCUT2D eigenvalue weighted by atomic mass is 32.1. The zero-order valence-corrected chi connectivity index (χ0v) is 9.93. The van der Waals surface area contributed by atoms with Gasteiger partial charge in [-0.1, -0.05) is 12.1 Å². The van der Waals surface area contributed by atoms with Gasteiger partial charge in [0, 0.05) is 10.9 Å². The summed E-state index contributed by atoms with van der Waals surface area (Å²) in [5.74, 6) is -0.203. The van der Waals surface area contributed by atoms with Crippen molar-refractivity contribution in [3.8, 4) is 0 Å². The maximum atomic E-state index is 13.0.